The SMILES string of the molecule is CCNCCNS(=O)(=O)c1c(C)n(C)c2ccccc12. The zero-order chi connectivity index (χ0) is 14.8. The molecule has 0 spiro atoms. The van der Waals surface area contributed by atoms with Crippen molar-refractivity contribution < 1.29 is 8.42 Å². The first-order valence-electron chi connectivity index (χ1n) is 6.73. The van der Waals surface area contributed by atoms with E-state index in [1.54, 1.807) is 0 Å². The Morgan fingerprint density at radius 3 is 2.60 bits per heavy atom. The normalized spacial score (nSPS) is 12.2. The Hall–Kier alpha value is -1.37. The molecular formula is C14H21N3O2S. The number of aryl methyl sites for hydroxylation is 1. The van der Waals surface area contributed by atoms with E-state index in [-0.39, 0.29) is 0 Å². The molecule has 1 aromatic heterocycles. The first kappa shape index (κ1) is 15.0. The van der Waals surface area contributed by atoms with Crippen molar-refractivity contribution in [1.82, 2.24) is 14.6 Å². The van der Waals surface area contributed by atoms with Crippen LogP contribution < -0.4 is 10.0 Å². The number of fused-ring (bicyclic) bond motifs is 1. The quantitative estimate of drug-likeness (QED) is 0.791. The van der Waals surface area contributed by atoms with E-state index in [1.807, 2.05) is 49.7 Å². The van der Waals surface area contributed by atoms with Crippen LogP contribution >= 0.6 is 0 Å². The maximum atomic E-state index is 12.5. The van der Waals surface area contributed by atoms with Crippen LogP contribution in [0, 0.1) is 6.92 Å². The summed E-state index contributed by atoms with van der Waals surface area (Å²) in [4.78, 5) is 0.382. The van der Waals surface area contributed by atoms with E-state index in [1.165, 1.54) is 0 Å². The third-order valence-electron chi connectivity index (χ3n) is 3.45. The Bertz CT molecular complexity index is 705. The molecule has 0 amide bonds. The summed E-state index contributed by atoms with van der Waals surface area (Å²) in [7, 11) is -1.60. The molecule has 0 radical (unpaired) electrons. The number of hydrogen-bond acceptors (Lipinski definition) is 3. The summed E-state index contributed by atoms with van der Waals surface area (Å²) >= 11 is 0. The number of hydrogen-bond donors (Lipinski definition) is 2. The Balaban J connectivity index is 2.39. The number of sulfonamides is 1. The van der Waals surface area contributed by atoms with Gasteiger partial charge in [-0.1, -0.05) is 25.1 Å². The van der Waals surface area contributed by atoms with Crippen molar-refractivity contribution in [3.05, 3.63) is 30.0 Å². The van der Waals surface area contributed by atoms with Gasteiger partial charge < -0.3 is 9.88 Å². The molecular weight excluding hydrogens is 274 g/mol. The Morgan fingerprint density at radius 2 is 1.90 bits per heavy atom. The van der Waals surface area contributed by atoms with Gasteiger partial charge in [0.05, 0.1) is 0 Å². The second kappa shape index (κ2) is 5.95. The van der Waals surface area contributed by atoms with E-state index in [0.717, 1.165) is 23.1 Å². The highest BCUT2D eigenvalue weighted by Crippen LogP contribution is 2.28. The summed E-state index contributed by atoms with van der Waals surface area (Å²) < 4.78 is 29.5. The first-order chi connectivity index (χ1) is 9.49. The van der Waals surface area contributed by atoms with Gasteiger partial charge in [0.2, 0.25) is 10.0 Å². The van der Waals surface area contributed by atoms with E-state index in [4.69, 9.17) is 0 Å². The second-order valence-corrected chi connectivity index (χ2v) is 6.45. The molecule has 0 unspecified atom stereocenters. The molecule has 6 heteroatoms. The molecule has 110 valence electrons. The van der Waals surface area contributed by atoms with Gasteiger partial charge in [-0.25, -0.2) is 13.1 Å². The van der Waals surface area contributed by atoms with Gasteiger partial charge in [0.25, 0.3) is 0 Å². The van der Waals surface area contributed by atoms with Crippen LogP contribution in [0.3, 0.4) is 0 Å². The minimum absolute atomic E-state index is 0.382. The zero-order valence-electron chi connectivity index (χ0n) is 12.1. The summed E-state index contributed by atoms with van der Waals surface area (Å²) in [5.41, 5.74) is 1.68. The molecule has 20 heavy (non-hydrogen) atoms. The smallest absolute Gasteiger partial charge is 0.243 e. The molecule has 2 N–H and O–H groups in total. The molecule has 0 saturated heterocycles. The summed E-state index contributed by atoms with van der Waals surface area (Å²) in [6.07, 6.45) is 0. The lowest BCUT2D eigenvalue weighted by atomic mass is 10.2. The predicted octanol–water partition coefficient (Wildman–Crippen LogP) is 1.37. The van der Waals surface area contributed by atoms with E-state index in [0.29, 0.717) is 18.0 Å². The fourth-order valence-corrected chi connectivity index (χ4v) is 3.85. The third kappa shape index (κ3) is 2.72. The summed E-state index contributed by atoms with van der Waals surface area (Å²) in [6, 6.07) is 7.55. The van der Waals surface area contributed by atoms with Crippen molar-refractivity contribution in [1.29, 1.82) is 0 Å². The minimum Gasteiger partial charge on any atom is -0.347 e. The Morgan fingerprint density at radius 1 is 1.20 bits per heavy atom. The number of likely N-dealkylation sites (N-methyl/N-ethyl adjacent to an activating group) is 1. The van der Waals surface area contributed by atoms with Crippen LogP contribution in [-0.2, 0) is 17.1 Å². The van der Waals surface area contributed by atoms with Crippen LogP contribution in [0.25, 0.3) is 10.9 Å². The van der Waals surface area contributed by atoms with Crippen LogP contribution in [0.15, 0.2) is 29.2 Å². The predicted molar refractivity (Wildman–Crippen MR) is 81.4 cm³/mol. The Kier molecular flexibility index (Phi) is 4.47. The first-order valence-corrected chi connectivity index (χ1v) is 8.21. The van der Waals surface area contributed by atoms with E-state index >= 15 is 0 Å². The Labute approximate surface area is 120 Å². The number of para-hydroxylation sites is 1. The van der Waals surface area contributed by atoms with Gasteiger partial charge in [0.15, 0.2) is 0 Å². The van der Waals surface area contributed by atoms with Crippen LogP contribution in [0.4, 0.5) is 0 Å². The molecule has 0 fully saturated rings. The van der Waals surface area contributed by atoms with Gasteiger partial charge in [0, 0.05) is 36.7 Å². The average molecular weight is 295 g/mol. The molecule has 0 aliphatic heterocycles. The number of nitrogens with zero attached hydrogens (tertiary/aromatic N) is 1. The van der Waals surface area contributed by atoms with Crippen molar-refractivity contribution in [3.8, 4) is 0 Å². The summed E-state index contributed by atoms with van der Waals surface area (Å²) in [5, 5.41) is 3.86. The maximum Gasteiger partial charge on any atom is 0.243 e. The number of nitrogens with one attached hydrogen (secondary N) is 2. The maximum absolute atomic E-state index is 12.5. The molecule has 0 atom stereocenters. The fourth-order valence-electron chi connectivity index (χ4n) is 2.35. The molecule has 2 aromatic rings. The second-order valence-electron chi connectivity index (χ2n) is 4.74. The third-order valence-corrected chi connectivity index (χ3v) is 5.09. The zero-order valence-corrected chi connectivity index (χ0v) is 12.9. The van der Waals surface area contributed by atoms with Gasteiger partial charge in [0.1, 0.15) is 4.90 Å². The van der Waals surface area contributed by atoms with Gasteiger partial charge in [-0.15, -0.1) is 0 Å². The molecule has 1 heterocycles. The van der Waals surface area contributed by atoms with Crippen LogP contribution in [0.2, 0.25) is 0 Å². The van der Waals surface area contributed by atoms with Gasteiger partial charge >= 0.3 is 0 Å². The van der Waals surface area contributed by atoms with E-state index < -0.39 is 10.0 Å². The molecule has 5 nitrogen and oxygen atoms in total. The van der Waals surface area contributed by atoms with E-state index in [2.05, 4.69) is 10.0 Å². The lowest BCUT2D eigenvalue weighted by molar-refractivity contribution is 0.577. The van der Waals surface area contributed by atoms with Gasteiger partial charge in [-0.2, -0.15) is 0 Å². The molecule has 2 rings (SSSR count). The summed E-state index contributed by atoms with van der Waals surface area (Å²) in [6.45, 7) is 5.66. The topological polar surface area (TPSA) is 63.1 Å². The average Bonchev–Trinajstić information content (AvgIpc) is 2.68. The standard InChI is InChI=1S/C14H21N3O2S/c1-4-15-9-10-16-20(18,19)14-11(2)17(3)13-8-6-5-7-12(13)14/h5-8,15-16H,4,9-10H2,1-3H3. The van der Waals surface area contributed by atoms with Crippen LogP contribution in [0.5, 0.6) is 0 Å². The molecule has 0 bridgehead atoms. The summed E-state index contributed by atoms with van der Waals surface area (Å²) in [5.74, 6) is 0. The van der Waals surface area contributed by atoms with Crippen molar-refractivity contribution in [2.24, 2.45) is 7.05 Å². The van der Waals surface area contributed by atoms with Gasteiger partial charge in [-0.05, 0) is 19.5 Å². The largest absolute Gasteiger partial charge is 0.347 e. The molecule has 0 aliphatic carbocycles. The lowest BCUT2D eigenvalue weighted by Gasteiger charge is -2.07. The fraction of sp³-hybridized carbons (Fsp3) is 0.429. The highest BCUT2D eigenvalue weighted by molar-refractivity contribution is 7.89. The van der Waals surface area contributed by atoms with Crippen LogP contribution in [-0.4, -0.2) is 32.6 Å². The van der Waals surface area contributed by atoms with Crippen molar-refractivity contribution in [2.45, 2.75) is 18.7 Å². The lowest BCUT2D eigenvalue weighted by Crippen LogP contribution is -2.32. The molecule has 0 saturated carbocycles. The van der Waals surface area contributed by atoms with Crippen molar-refractivity contribution in [2.75, 3.05) is 19.6 Å². The van der Waals surface area contributed by atoms with E-state index in [9.17, 15) is 8.42 Å². The number of aromatic nitrogens is 1. The van der Waals surface area contributed by atoms with Crippen molar-refractivity contribution >= 4 is 20.9 Å². The number of benzene rings is 1. The molecule has 1 aromatic carbocycles. The molecule has 0 aliphatic rings. The van der Waals surface area contributed by atoms with Gasteiger partial charge in [-0.3, -0.25) is 0 Å². The van der Waals surface area contributed by atoms with Crippen LogP contribution in [0.1, 0.15) is 12.6 Å². The highest BCUT2D eigenvalue weighted by atomic mass is 32.2. The minimum atomic E-state index is -3.49. The number of rotatable bonds is 6. The monoisotopic (exact) mass is 295 g/mol. The highest BCUT2D eigenvalue weighted by Gasteiger charge is 2.23. The van der Waals surface area contributed by atoms with Crippen molar-refractivity contribution in [3.63, 3.8) is 0 Å².